The summed E-state index contributed by atoms with van der Waals surface area (Å²) in [5.74, 6) is 0. The molecule has 0 radical (unpaired) electrons. The van der Waals surface area contributed by atoms with Crippen LogP contribution in [-0.2, 0) is 4.89 Å². The molecule has 0 aliphatic heterocycles. The van der Waals surface area contributed by atoms with Gasteiger partial charge >= 0.3 is 45.5 Å². The largest absolute Gasteiger partial charge is 2.00 e. The van der Waals surface area contributed by atoms with Crippen LogP contribution in [0.4, 0.5) is 4.79 Å². The summed E-state index contributed by atoms with van der Waals surface area (Å²) in [6, 6.07) is 0. The predicted molar refractivity (Wildman–Crippen MR) is 12.2 cm³/mol. The van der Waals surface area contributed by atoms with Crippen molar-refractivity contribution in [2.24, 2.45) is 0 Å². The van der Waals surface area contributed by atoms with E-state index in [0.717, 1.165) is 0 Å². The molecule has 0 spiro atoms. The molecule has 0 atom stereocenters. The van der Waals surface area contributed by atoms with E-state index in [9.17, 15) is 0 Å². The van der Waals surface area contributed by atoms with Crippen molar-refractivity contribution >= 4 is 51.6 Å². The van der Waals surface area contributed by atoms with Crippen LogP contribution in [0.1, 0.15) is 0 Å². The molecule has 0 aliphatic rings. The molecule has 0 aromatic carbocycles. The smallest absolute Gasteiger partial charge is 0.755 e. The van der Waals surface area contributed by atoms with E-state index in [1.807, 2.05) is 0 Å². The van der Waals surface area contributed by atoms with Gasteiger partial charge in [0.1, 0.15) is 0 Å². The number of hydrogen-bond acceptors (Lipinski definition) is 4. The summed E-state index contributed by atoms with van der Waals surface area (Å²) < 4.78 is 0. The van der Waals surface area contributed by atoms with Crippen LogP contribution in [0, 0.1) is 0 Å². The molecule has 0 bridgehead atoms. The fraction of sp³-hybridized carbons (Fsp3) is 0. The second kappa shape index (κ2) is 5.71. The zero-order chi connectivity index (χ0) is 4.28. The van der Waals surface area contributed by atoms with Crippen LogP contribution in [0.5, 0.6) is 0 Å². The van der Waals surface area contributed by atoms with Crippen molar-refractivity contribution in [2.75, 3.05) is 0 Å². The minimum atomic E-state index is -2.05. The molecule has 0 aliphatic carbocycles. The quantitative estimate of drug-likeness (QED) is 0.220. The van der Waals surface area contributed by atoms with Gasteiger partial charge in [-0.25, -0.2) is 0 Å². The average Bonchev–Trinajstić information content (AvgIpc) is 1.38. The second-order valence-electron chi connectivity index (χ2n) is 0.333. The van der Waals surface area contributed by atoms with E-state index in [4.69, 9.17) is 15.2 Å². The summed E-state index contributed by atoms with van der Waals surface area (Å²) in [6.07, 6.45) is -2.05. The Labute approximate surface area is 70.9 Å². The molecular formula is CO4Sr. The SMILES string of the molecule is O=C([O-])O[O-].[Sr+2]. The van der Waals surface area contributed by atoms with E-state index in [1.165, 1.54) is 0 Å². The summed E-state index contributed by atoms with van der Waals surface area (Å²) in [5, 5.41) is 17.2. The first-order chi connectivity index (χ1) is 2.27. The molecule has 30 valence electrons. The molecule has 0 rings (SSSR count). The molecule has 0 saturated carbocycles. The molecule has 0 fully saturated rings. The van der Waals surface area contributed by atoms with Crippen molar-refractivity contribution in [1.29, 1.82) is 0 Å². The van der Waals surface area contributed by atoms with Gasteiger partial charge in [0.25, 0.3) is 0 Å². The normalized spacial score (nSPS) is 5.50. The van der Waals surface area contributed by atoms with Gasteiger partial charge in [-0.05, 0) is 0 Å². The van der Waals surface area contributed by atoms with Crippen LogP contribution in [0.25, 0.3) is 0 Å². The third-order valence-electron chi connectivity index (χ3n) is 0.0680. The summed E-state index contributed by atoms with van der Waals surface area (Å²) >= 11 is 0. The van der Waals surface area contributed by atoms with Gasteiger partial charge < -0.3 is 20.0 Å². The Bertz CT molecular complexity index is 42.8. The molecule has 0 aromatic heterocycles. The molecule has 0 unspecified atom stereocenters. The van der Waals surface area contributed by atoms with Gasteiger partial charge in [0, 0.05) is 0 Å². The zero-order valence-electron chi connectivity index (χ0n) is 2.84. The third kappa shape index (κ3) is 8.83. The molecule has 5 heteroatoms. The number of hydrogen-bond donors (Lipinski definition) is 0. The Balaban J connectivity index is 0. The van der Waals surface area contributed by atoms with E-state index < -0.39 is 6.16 Å². The predicted octanol–water partition coefficient (Wildman–Crippen LogP) is -2.76. The zero-order valence-corrected chi connectivity index (χ0v) is 6.32. The third-order valence-corrected chi connectivity index (χ3v) is 0.0680. The minimum absolute atomic E-state index is 0. The fourth-order valence-electron chi connectivity index (χ4n) is 0. The van der Waals surface area contributed by atoms with Crippen molar-refractivity contribution in [2.45, 2.75) is 0 Å². The van der Waals surface area contributed by atoms with Gasteiger partial charge in [-0.2, -0.15) is 0 Å². The molecule has 0 amide bonds. The van der Waals surface area contributed by atoms with Crippen molar-refractivity contribution in [3.05, 3.63) is 0 Å². The Hall–Kier alpha value is 0.711. The van der Waals surface area contributed by atoms with Crippen molar-refractivity contribution in [1.82, 2.24) is 0 Å². The van der Waals surface area contributed by atoms with Crippen LogP contribution in [0.3, 0.4) is 0 Å². The molecule has 0 aromatic rings. The van der Waals surface area contributed by atoms with E-state index in [2.05, 4.69) is 4.89 Å². The molecule has 6 heavy (non-hydrogen) atoms. The van der Waals surface area contributed by atoms with Crippen molar-refractivity contribution in [3.63, 3.8) is 0 Å². The number of rotatable bonds is 0. The van der Waals surface area contributed by atoms with E-state index in [1.54, 1.807) is 0 Å². The van der Waals surface area contributed by atoms with Crippen LogP contribution < -0.4 is 10.4 Å². The first-order valence-corrected chi connectivity index (χ1v) is 0.779. The maximum atomic E-state index is 8.72. The first kappa shape index (κ1) is 9.86. The monoisotopic (exact) mass is 164 g/mol. The molecule has 0 N–H and O–H groups in total. The number of carboxylic acid groups (broad SMARTS) is 1. The van der Waals surface area contributed by atoms with Gasteiger partial charge in [0.2, 0.25) is 6.16 Å². The fourth-order valence-corrected chi connectivity index (χ4v) is 0. The maximum Gasteiger partial charge on any atom is 2.00 e. The Kier molecular flexibility index (Phi) is 9.39. The maximum absolute atomic E-state index is 8.72. The second-order valence-corrected chi connectivity index (χ2v) is 0.333. The van der Waals surface area contributed by atoms with Gasteiger partial charge in [-0.15, -0.1) is 0 Å². The topological polar surface area (TPSA) is 72.4 Å². The van der Waals surface area contributed by atoms with Crippen LogP contribution >= 0.6 is 0 Å². The molecule has 0 saturated heterocycles. The van der Waals surface area contributed by atoms with Gasteiger partial charge in [-0.3, -0.25) is 0 Å². The number of carbonyl (C=O) groups excluding carboxylic acids is 1. The Morgan fingerprint density at radius 3 is 1.83 bits per heavy atom. The average molecular weight is 164 g/mol. The van der Waals surface area contributed by atoms with Gasteiger partial charge in [0.05, 0.1) is 0 Å². The van der Waals surface area contributed by atoms with E-state index >= 15 is 0 Å². The number of carbonyl (C=O) groups is 1. The van der Waals surface area contributed by atoms with Gasteiger partial charge in [-0.1, -0.05) is 0 Å². The standard InChI is InChI=1S/CH2O4.Sr/c2-1(3)5-4;/h4H,(H,2,3);/q;+2/p-2. The molecule has 4 nitrogen and oxygen atoms in total. The summed E-state index contributed by atoms with van der Waals surface area (Å²) in [7, 11) is 0. The molecular weight excluding hydrogens is 164 g/mol. The van der Waals surface area contributed by atoms with Crippen molar-refractivity contribution in [3.8, 4) is 0 Å². The van der Waals surface area contributed by atoms with E-state index in [-0.39, 0.29) is 45.5 Å². The summed E-state index contributed by atoms with van der Waals surface area (Å²) in [6.45, 7) is 0. The van der Waals surface area contributed by atoms with Crippen LogP contribution in [0.2, 0.25) is 0 Å². The van der Waals surface area contributed by atoms with Gasteiger partial charge in [0.15, 0.2) is 0 Å². The van der Waals surface area contributed by atoms with Crippen molar-refractivity contribution < 1.29 is 20.0 Å². The van der Waals surface area contributed by atoms with Crippen LogP contribution in [-0.4, -0.2) is 51.6 Å². The minimum Gasteiger partial charge on any atom is -0.755 e. The van der Waals surface area contributed by atoms with E-state index in [0.29, 0.717) is 0 Å². The summed E-state index contributed by atoms with van der Waals surface area (Å²) in [4.78, 5) is 11.0. The summed E-state index contributed by atoms with van der Waals surface area (Å²) in [5.41, 5.74) is 0. The molecule has 0 heterocycles. The first-order valence-electron chi connectivity index (χ1n) is 0.779. The Morgan fingerprint density at radius 1 is 1.67 bits per heavy atom. The van der Waals surface area contributed by atoms with Crippen LogP contribution in [0.15, 0.2) is 0 Å². The Morgan fingerprint density at radius 2 is 1.83 bits per heavy atom.